The Labute approximate surface area is 166 Å². The first-order valence-electron chi connectivity index (χ1n) is 9.66. The fraction of sp³-hybridized carbons (Fsp3) is 0.348. The lowest BCUT2D eigenvalue weighted by Crippen LogP contribution is -2.36. The summed E-state index contributed by atoms with van der Waals surface area (Å²) in [5, 5.41) is 10.9. The second kappa shape index (κ2) is 7.97. The van der Waals surface area contributed by atoms with Crippen molar-refractivity contribution < 1.29 is 4.79 Å². The van der Waals surface area contributed by atoms with Crippen molar-refractivity contribution in [3.8, 4) is 0 Å². The molecule has 4 N–H and O–H groups in total. The number of nitrogens with one attached hydrogen (secondary N) is 2. The molecule has 0 aliphatic heterocycles. The summed E-state index contributed by atoms with van der Waals surface area (Å²) in [7, 11) is 0. The topological polar surface area (TPSA) is 91.9 Å². The molecule has 0 saturated heterocycles. The van der Waals surface area contributed by atoms with Gasteiger partial charge in [0.25, 0.3) is 5.91 Å². The van der Waals surface area contributed by atoms with E-state index in [4.69, 9.17) is 11.1 Å². The molecule has 0 spiro atoms. The highest BCUT2D eigenvalue weighted by Gasteiger charge is 2.23. The van der Waals surface area contributed by atoms with Gasteiger partial charge in [0.1, 0.15) is 0 Å². The van der Waals surface area contributed by atoms with Crippen LogP contribution in [0.15, 0.2) is 48.3 Å². The van der Waals surface area contributed by atoms with Gasteiger partial charge in [0.15, 0.2) is 0 Å². The summed E-state index contributed by atoms with van der Waals surface area (Å²) in [6, 6.07) is 7.64. The van der Waals surface area contributed by atoms with Crippen LogP contribution in [0.3, 0.4) is 0 Å². The van der Waals surface area contributed by atoms with Crippen molar-refractivity contribution in [3.05, 3.63) is 59.4 Å². The van der Waals surface area contributed by atoms with Gasteiger partial charge >= 0.3 is 0 Å². The average Bonchev–Trinajstić information content (AvgIpc) is 2.67. The summed E-state index contributed by atoms with van der Waals surface area (Å²) in [4.78, 5) is 17.2. The van der Waals surface area contributed by atoms with E-state index in [2.05, 4.69) is 36.3 Å². The first-order valence-corrected chi connectivity index (χ1v) is 9.66. The van der Waals surface area contributed by atoms with Gasteiger partial charge < -0.3 is 16.5 Å². The number of para-hydroxylation sites is 1. The molecule has 1 heterocycles. The van der Waals surface area contributed by atoms with Crippen molar-refractivity contribution in [1.82, 2.24) is 10.3 Å². The third kappa shape index (κ3) is 4.30. The monoisotopic (exact) mass is 376 g/mol. The molecule has 28 heavy (non-hydrogen) atoms. The second-order valence-electron chi connectivity index (χ2n) is 8.23. The zero-order valence-electron chi connectivity index (χ0n) is 16.8. The van der Waals surface area contributed by atoms with E-state index in [1.165, 1.54) is 11.6 Å². The Morgan fingerprint density at radius 2 is 2.18 bits per heavy atom. The van der Waals surface area contributed by atoms with Gasteiger partial charge in [0.2, 0.25) is 0 Å². The summed E-state index contributed by atoms with van der Waals surface area (Å²) in [5.41, 5.74) is 10.6. The van der Waals surface area contributed by atoms with Crippen molar-refractivity contribution in [3.63, 3.8) is 0 Å². The van der Waals surface area contributed by atoms with Gasteiger partial charge in [-0.15, -0.1) is 0 Å². The summed E-state index contributed by atoms with van der Waals surface area (Å²) in [6.07, 6.45) is 9.82. The fourth-order valence-electron chi connectivity index (χ4n) is 3.47. The van der Waals surface area contributed by atoms with E-state index < -0.39 is 0 Å². The van der Waals surface area contributed by atoms with E-state index in [1.54, 1.807) is 13.1 Å². The molecule has 1 aromatic heterocycles. The standard InChI is InChI=1S/C23H28N4O/c1-15(20(25)9-12-24)27-22(28)18-13-17-5-4-6-19(21(17)26-14-18)16-7-10-23(2,3)11-8-16/h4-7,9,12-15,24H,8,10-11,25H2,1-3H3,(H,27,28)/b20-9-,24-12?. The van der Waals surface area contributed by atoms with E-state index in [-0.39, 0.29) is 11.9 Å². The number of pyridine rings is 1. The van der Waals surface area contributed by atoms with Crippen LogP contribution in [-0.2, 0) is 0 Å². The quantitative estimate of drug-likeness (QED) is 0.674. The Balaban J connectivity index is 1.87. The highest BCUT2D eigenvalue weighted by Crippen LogP contribution is 2.39. The normalized spacial score (nSPS) is 17.7. The number of aromatic nitrogens is 1. The largest absolute Gasteiger partial charge is 0.400 e. The molecule has 1 aliphatic rings. The SMILES string of the molecule is CC(NC(=O)c1cnc2c(C3=CCC(C)(C)CC3)cccc2c1)/C(N)=C/C=N. The van der Waals surface area contributed by atoms with Crippen LogP contribution in [0.5, 0.6) is 0 Å². The number of fused-ring (bicyclic) bond motifs is 1. The van der Waals surface area contributed by atoms with Gasteiger partial charge in [-0.25, -0.2) is 0 Å². The molecule has 1 unspecified atom stereocenters. The number of benzene rings is 1. The number of hydrogen-bond donors (Lipinski definition) is 3. The van der Waals surface area contributed by atoms with Gasteiger partial charge in [-0.2, -0.15) is 0 Å². The maximum Gasteiger partial charge on any atom is 0.253 e. The summed E-state index contributed by atoms with van der Waals surface area (Å²) >= 11 is 0. The molecule has 5 heteroatoms. The van der Waals surface area contributed by atoms with Crippen molar-refractivity contribution in [2.75, 3.05) is 0 Å². The predicted octanol–water partition coefficient (Wildman–Crippen LogP) is 4.44. The molecule has 1 aliphatic carbocycles. The minimum atomic E-state index is -0.355. The van der Waals surface area contributed by atoms with Crippen LogP contribution in [0.2, 0.25) is 0 Å². The van der Waals surface area contributed by atoms with E-state index >= 15 is 0 Å². The molecule has 1 amide bonds. The van der Waals surface area contributed by atoms with Gasteiger partial charge in [-0.1, -0.05) is 38.1 Å². The predicted molar refractivity (Wildman–Crippen MR) is 115 cm³/mol. The number of hydrogen-bond acceptors (Lipinski definition) is 4. The van der Waals surface area contributed by atoms with Crippen LogP contribution in [0.25, 0.3) is 16.5 Å². The Morgan fingerprint density at radius 3 is 2.86 bits per heavy atom. The molecule has 0 fully saturated rings. The Hall–Kier alpha value is -2.95. The minimum Gasteiger partial charge on any atom is -0.400 e. The number of nitrogens with two attached hydrogens (primary N) is 1. The highest BCUT2D eigenvalue weighted by molar-refractivity contribution is 5.99. The summed E-state index contributed by atoms with van der Waals surface area (Å²) < 4.78 is 0. The average molecular weight is 377 g/mol. The molecule has 0 bridgehead atoms. The van der Waals surface area contributed by atoms with Crippen molar-refractivity contribution >= 4 is 28.6 Å². The molecule has 0 saturated carbocycles. The molecule has 5 nitrogen and oxygen atoms in total. The van der Waals surface area contributed by atoms with E-state index in [0.29, 0.717) is 16.7 Å². The number of allylic oxidation sites excluding steroid dienone is 3. The van der Waals surface area contributed by atoms with Crippen LogP contribution < -0.4 is 11.1 Å². The lowest BCUT2D eigenvalue weighted by atomic mass is 9.77. The lowest BCUT2D eigenvalue weighted by Gasteiger charge is -2.29. The number of carbonyl (C=O) groups excluding carboxylic acids is 1. The molecular weight excluding hydrogens is 348 g/mol. The van der Waals surface area contributed by atoms with Crippen molar-refractivity contribution in [2.24, 2.45) is 11.1 Å². The van der Waals surface area contributed by atoms with Crippen molar-refractivity contribution in [2.45, 2.75) is 46.1 Å². The first kappa shape index (κ1) is 19.8. The second-order valence-corrected chi connectivity index (χ2v) is 8.23. The van der Waals surface area contributed by atoms with Crippen LogP contribution in [0.1, 0.15) is 56.0 Å². The van der Waals surface area contributed by atoms with Crippen LogP contribution in [0, 0.1) is 10.8 Å². The van der Waals surface area contributed by atoms with E-state index in [0.717, 1.165) is 41.9 Å². The maximum atomic E-state index is 12.6. The van der Waals surface area contributed by atoms with Gasteiger partial charge in [0.05, 0.1) is 17.1 Å². The van der Waals surface area contributed by atoms with Gasteiger partial charge in [0, 0.05) is 29.1 Å². The summed E-state index contributed by atoms with van der Waals surface area (Å²) in [5.74, 6) is -0.229. The number of rotatable bonds is 5. The van der Waals surface area contributed by atoms with Gasteiger partial charge in [-0.05, 0) is 49.3 Å². The molecule has 3 rings (SSSR count). The smallest absolute Gasteiger partial charge is 0.253 e. The highest BCUT2D eigenvalue weighted by atomic mass is 16.1. The molecule has 1 atom stereocenters. The number of nitrogens with zero attached hydrogens (tertiary/aromatic N) is 1. The Bertz CT molecular complexity index is 972. The zero-order valence-corrected chi connectivity index (χ0v) is 16.8. The number of amides is 1. The molecular formula is C23H28N4O. The van der Waals surface area contributed by atoms with Crippen molar-refractivity contribution in [1.29, 1.82) is 5.41 Å². The zero-order chi connectivity index (χ0) is 20.3. The first-order chi connectivity index (χ1) is 13.3. The van der Waals surface area contributed by atoms with Crippen LogP contribution >= 0.6 is 0 Å². The maximum absolute atomic E-state index is 12.6. The van der Waals surface area contributed by atoms with Crippen LogP contribution in [-0.4, -0.2) is 23.1 Å². The number of carbonyl (C=O) groups is 1. The third-order valence-corrected chi connectivity index (χ3v) is 5.41. The van der Waals surface area contributed by atoms with Crippen LogP contribution in [0.4, 0.5) is 0 Å². The Kier molecular flexibility index (Phi) is 5.63. The Morgan fingerprint density at radius 1 is 1.39 bits per heavy atom. The third-order valence-electron chi connectivity index (χ3n) is 5.41. The van der Waals surface area contributed by atoms with E-state index in [9.17, 15) is 4.79 Å². The fourth-order valence-corrected chi connectivity index (χ4v) is 3.47. The van der Waals surface area contributed by atoms with E-state index in [1.807, 2.05) is 18.2 Å². The van der Waals surface area contributed by atoms with Gasteiger partial charge in [-0.3, -0.25) is 9.78 Å². The molecule has 1 aromatic carbocycles. The summed E-state index contributed by atoms with van der Waals surface area (Å²) in [6.45, 7) is 6.39. The molecule has 146 valence electrons. The lowest BCUT2D eigenvalue weighted by molar-refractivity contribution is 0.0945. The minimum absolute atomic E-state index is 0.229. The molecule has 0 radical (unpaired) electrons. The molecule has 2 aromatic rings.